The molecule has 8 nitrogen and oxygen atoms in total. The van der Waals surface area contributed by atoms with Gasteiger partial charge in [-0.05, 0) is 25.0 Å². The Morgan fingerprint density at radius 2 is 1.90 bits per heavy atom. The smallest absolute Gasteiger partial charge is 0.245 e. The van der Waals surface area contributed by atoms with Crippen molar-refractivity contribution in [1.82, 2.24) is 22.9 Å². The first-order valence-corrected chi connectivity index (χ1v) is 12.3. The molecule has 1 aromatic heterocycles. The highest BCUT2D eigenvalue weighted by Crippen LogP contribution is 2.33. The Balaban J connectivity index is 1.49. The fraction of sp³-hybridized carbons (Fsp3) is 0.632. The second-order valence-electron chi connectivity index (χ2n) is 7.78. The molecular formula is C19H27N5O3S2. The number of sulfonamides is 1. The maximum absolute atomic E-state index is 13.2. The molecule has 0 spiro atoms. The van der Waals surface area contributed by atoms with Crippen molar-refractivity contribution in [3.63, 3.8) is 0 Å². The fourth-order valence-electron chi connectivity index (χ4n) is 4.59. The third kappa shape index (κ3) is 3.56. The highest BCUT2D eigenvalue weighted by molar-refractivity contribution is 7.89. The molecule has 0 aliphatic carbocycles. The maximum Gasteiger partial charge on any atom is 0.245 e. The van der Waals surface area contributed by atoms with Crippen molar-refractivity contribution >= 4 is 38.7 Å². The van der Waals surface area contributed by atoms with E-state index in [9.17, 15) is 13.2 Å². The Bertz CT molecular complexity index is 1000. The van der Waals surface area contributed by atoms with Crippen molar-refractivity contribution in [2.24, 2.45) is 0 Å². The Morgan fingerprint density at radius 1 is 1.14 bits per heavy atom. The van der Waals surface area contributed by atoms with Gasteiger partial charge in [-0.1, -0.05) is 19.9 Å². The minimum absolute atomic E-state index is 0.0421. The Labute approximate surface area is 175 Å². The predicted molar refractivity (Wildman–Crippen MR) is 112 cm³/mol. The molecule has 2 aliphatic heterocycles. The van der Waals surface area contributed by atoms with Crippen molar-refractivity contribution in [3.8, 4) is 0 Å². The summed E-state index contributed by atoms with van der Waals surface area (Å²) >= 11 is 1.03. The van der Waals surface area contributed by atoms with E-state index in [-0.39, 0.29) is 16.3 Å². The van der Waals surface area contributed by atoms with E-state index in [4.69, 9.17) is 0 Å². The first-order valence-electron chi connectivity index (χ1n) is 10.2. The summed E-state index contributed by atoms with van der Waals surface area (Å²) in [4.78, 5) is 16.7. The number of carbonyl (C=O) groups is 1. The van der Waals surface area contributed by atoms with E-state index < -0.39 is 10.0 Å². The molecule has 2 aliphatic rings. The monoisotopic (exact) mass is 437 g/mol. The van der Waals surface area contributed by atoms with Crippen LogP contribution in [0.25, 0.3) is 11.0 Å². The van der Waals surface area contributed by atoms with Gasteiger partial charge in [-0.25, -0.2) is 8.42 Å². The van der Waals surface area contributed by atoms with Gasteiger partial charge >= 0.3 is 0 Å². The molecule has 0 bridgehead atoms. The van der Waals surface area contributed by atoms with Crippen LogP contribution in [0.3, 0.4) is 0 Å². The third-order valence-corrected chi connectivity index (χ3v) is 8.89. The average molecular weight is 438 g/mol. The number of rotatable bonds is 5. The Hall–Kier alpha value is -1.62. The van der Waals surface area contributed by atoms with Gasteiger partial charge in [-0.2, -0.15) is 13.1 Å². The zero-order valence-electron chi connectivity index (χ0n) is 16.9. The van der Waals surface area contributed by atoms with E-state index in [0.29, 0.717) is 43.6 Å². The van der Waals surface area contributed by atoms with Gasteiger partial charge in [0.1, 0.15) is 15.9 Å². The lowest BCUT2D eigenvalue weighted by atomic mass is 9.92. The van der Waals surface area contributed by atoms with Gasteiger partial charge in [0.15, 0.2) is 0 Å². The highest BCUT2D eigenvalue weighted by Gasteiger charge is 2.44. The van der Waals surface area contributed by atoms with Crippen molar-refractivity contribution in [3.05, 3.63) is 18.2 Å². The lowest BCUT2D eigenvalue weighted by Crippen LogP contribution is -2.58. The van der Waals surface area contributed by atoms with Crippen LogP contribution in [0.4, 0.5) is 0 Å². The zero-order valence-corrected chi connectivity index (χ0v) is 18.5. The van der Waals surface area contributed by atoms with E-state index in [2.05, 4.69) is 20.6 Å². The molecule has 2 saturated heterocycles. The lowest BCUT2D eigenvalue weighted by molar-refractivity contribution is -0.130. The molecule has 29 heavy (non-hydrogen) atoms. The predicted octanol–water partition coefficient (Wildman–Crippen LogP) is 1.79. The van der Waals surface area contributed by atoms with E-state index in [1.165, 1.54) is 0 Å². The van der Waals surface area contributed by atoms with Crippen LogP contribution >= 0.6 is 11.7 Å². The summed E-state index contributed by atoms with van der Waals surface area (Å²) in [5, 5.41) is 0. The number of likely N-dealkylation sites (tertiary alicyclic amines) is 1. The van der Waals surface area contributed by atoms with E-state index >= 15 is 0 Å². The molecule has 1 atom stereocenters. The summed E-state index contributed by atoms with van der Waals surface area (Å²) in [5.41, 5.74) is 1.03. The van der Waals surface area contributed by atoms with Gasteiger partial charge < -0.3 is 4.90 Å². The molecular weight excluding hydrogens is 410 g/mol. The molecule has 1 amide bonds. The van der Waals surface area contributed by atoms with Crippen molar-refractivity contribution in [1.29, 1.82) is 0 Å². The summed E-state index contributed by atoms with van der Waals surface area (Å²) < 4.78 is 36.4. The van der Waals surface area contributed by atoms with Gasteiger partial charge in [-0.3, -0.25) is 9.69 Å². The number of aromatic nitrogens is 2. The number of fused-ring (bicyclic) bond motifs is 1. The quantitative estimate of drug-likeness (QED) is 0.709. The largest absolute Gasteiger partial charge is 0.341 e. The molecule has 0 radical (unpaired) electrons. The van der Waals surface area contributed by atoms with Crippen molar-refractivity contribution < 1.29 is 13.2 Å². The molecule has 0 saturated carbocycles. The van der Waals surface area contributed by atoms with E-state index in [1.807, 2.05) is 11.8 Å². The summed E-state index contributed by atoms with van der Waals surface area (Å²) in [7, 11) is -3.61. The summed E-state index contributed by atoms with van der Waals surface area (Å²) in [6.07, 6.45) is 2.44. The number of benzene rings is 1. The molecule has 1 aromatic carbocycles. The highest BCUT2D eigenvalue weighted by atomic mass is 32.2. The average Bonchev–Trinajstić information content (AvgIpc) is 3.40. The van der Waals surface area contributed by atoms with Gasteiger partial charge in [0, 0.05) is 51.2 Å². The molecule has 0 N–H and O–H groups in total. The second kappa shape index (κ2) is 7.90. The van der Waals surface area contributed by atoms with Crippen molar-refractivity contribution in [2.45, 2.75) is 43.5 Å². The van der Waals surface area contributed by atoms with Crippen LogP contribution in [-0.4, -0.2) is 82.0 Å². The Kier molecular flexibility index (Phi) is 5.62. The zero-order chi connectivity index (χ0) is 20.6. The maximum atomic E-state index is 13.2. The SMILES string of the molecule is CCC(=O)N1CC[C@@](CC)(N2CCN(S(=O)(=O)c3cccc4nsnc34)CC2)C1. The Morgan fingerprint density at radius 3 is 2.59 bits per heavy atom. The normalized spacial score (nSPS) is 24.4. The first kappa shape index (κ1) is 20.6. The summed E-state index contributed by atoms with van der Waals surface area (Å²) in [6.45, 7) is 7.83. The molecule has 3 heterocycles. The number of hydrogen-bond donors (Lipinski definition) is 0. The standard InChI is InChI=1S/C19H27N5O3S2/c1-3-17(25)22-9-8-19(4-2,14-22)23-10-12-24(13-11-23)29(26,27)16-7-5-6-15-18(16)21-28-20-15/h5-7H,3-4,8-14H2,1-2H3/t19-/m1/s1. The van der Waals surface area contributed by atoms with E-state index in [0.717, 1.165) is 37.7 Å². The molecule has 4 rings (SSSR count). The molecule has 2 aromatic rings. The second-order valence-corrected chi connectivity index (χ2v) is 10.2. The summed E-state index contributed by atoms with van der Waals surface area (Å²) in [5.74, 6) is 0.200. The van der Waals surface area contributed by atoms with E-state index in [1.54, 1.807) is 22.5 Å². The molecule has 10 heteroatoms. The van der Waals surface area contributed by atoms with Crippen LogP contribution in [0, 0.1) is 0 Å². The first-order chi connectivity index (χ1) is 13.9. The van der Waals surface area contributed by atoms with Crippen LogP contribution in [-0.2, 0) is 14.8 Å². The number of hydrogen-bond acceptors (Lipinski definition) is 7. The van der Waals surface area contributed by atoms with Crippen molar-refractivity contribution in [2.75, 3.05) is 39.3 Å². The van der Waals surface area contributed by atoms with Gasteiger partial charge in [0.2, 0.25) is 15.9 Å². The molecule has 0 unspecified atom stereocenters. The molecule has 158 valence electrons. The van der Waals surface area contributed by atoms with Crippen LogP contribution in [0.15, 0.2) is 23.1 Å². The topological polar surface area (TPSA) is 86.7 Å². The van der Waals surface area contributed by atoms with Crippen LogP contribution in [0.5, 0.6) is 0 Å². The summed E-state index contributed by atoms with van der Waals surface area (Å²) in [6, 6.07) is 5.12. The number of piperazine rings is 1. The minimum atomic E-state index is -3.61. The van der Waals surface area contributed by atoms with Gasteiger partial charge in [-0.15, -0.1) is 0 Å². The van der Waals surface area contributed by atoms with Gasteiger partial charge in [0.05, 0.1) is 11.7 Å². The molecule has 2 fully saturated rings. The van der Waals surface area contributed by atoms with Crippen LogP contribution in [0.2, 0.25) is 0 Å². The minimum Gasteiger partial charge on any atom is -0.341 e. The lowest BCUT2D eigenvalue weighted by Gasteiger charge is -2.45. The van der Waals surface area contributed by atoms with Crippen LogP contribution < -0.4 is 0 Å². The fourth-order valence-corrected chi connectivity index (χ4v) is 6.77. The van der Waals surface area contributed by atoms with Crippen LogP contribution in [0.1, 0.15) is 33.1 Å². The number of amides is 1. The number of carbonyl (C=O) groups excluding carboxylic acids is 1. The van der Waals surface area contributed by atoms with Gasteiger partial charge in [0.25, 0.3) is 0 Å². The number of nitrogens with zero attached hydrogens (tertiary/aromatic N) is 5. The third-order valence-electron chi connectivity index (χ3n) is 6.42.